The number of amides is 1. The maximum atomic E-state index is 12.1. The first-order chi connectivity index (χ1) is 9.11. The summed E-state index contributed by atoms with van der Waals surface area (Å²) < 4.78 is 0. The minimum atomic E-state index is -0.189. The molecule has 1 aromatic heterocycles. The topological polar surface area (TPSA) is 42.0 Å². The van der Waals surface area contributed by atoms with Crippen LogP contribution in [0.4, 0.5) is 5.69 Å². The molecule has 1 aromatic carbocycles. The molecule has 1 N–H and O–H groups in total. The average Bonchev–Trinajstić information content (AvgIpc) is 2.43. The molecule has 3 nitrogen and oxygen atoms in total. The van der Waals surface area contributed by atoms with Crippen LogP contribution in [-0.2, 0) is 0 Å². The van der Waals surface area contributed by atoms with Gasteiger partial charge in [-0.15, -0.1) is 11.8 Å². The number of nitrogens with zero attached hydrogens (tertiary/aromatic N) is 1. The van der Waals surface area contributed by atoms with Crippen LogP contribution < -0.4 is 5.32 Å². The van der Waals surface area contributed by atoms with Crippen LogP contribution in [0.15, 0.2) is 41.4 Å². The van der Waals surface area contributed by atoms with Crippen molar-refractivity contribution in [3.8, 4) is 0 Å². The number of rotatable bonds is 3. The molecule has 0 saturated carbocycles. The molecule has 1 heterocycles. The van der Waals surface area contributed by atoms with Crippen molar-refractivity contribution in [1.82, 2.24) is 4.98 Å². The third-order valence-electron chi connectivity index (χ3n) is 2.70. The molecule has 5 heteroatoms. The zero-order chi connectivity index (χ0) is 13.8. The number of thioether (sulfide) groups is 1. The maximum Gasteiger partial charge on any atom is 0.255 e. The fourth-order valence-electron chi connectivity index (χ4n) is 1.60. The number of halogens is 1. The van der Waals surface area contributed by atoms with Crippen LogP contribution >= 0.6 is 23.4 Å². The van der Waals surface area contributed by atoms with E-state index in [1.165, 1.54) is 0 Å². The first kappa shape index (κ1) is 13.9. The lowest BCUT2D eigenvalue weighted by Gasteiger charge is -2.09. The summed E-state index contributed by atoms with van der Waals surface area (Å²) in [7, 11) is 0. The van der Waals surface area contributed by atoms with Gasteiger partial charge in [0.15, 0.2) is 5.15 Å². The van der Waals surface area contributed by atoms with Gasteiger partial charge in [0.1, 0.15) is 0 Å². The fraction of sp³-hybridized carbons (Fsp3) is 0.143. The molecular weight excluding hydrogens is 280 g/mol. The summed E-state index contributed by atoms with van der Waals surface area (Å²) in [5.74, 6) is -0.189. The second kappa shape index (κ2) is 6.08. The lowest BCUT2D eigenvalue weighted by atomic mass is 10.2. The third-order valence-corrected chi connectivity index (χ3v) is 3.73. The third kappa shape index (κ3) is 3.28. The quantitative estimate of drug-likeness (QED) is 0.686. The molecule has 0 aliphatic carbocycles. The highest BCUT2D eigenvalue weighted by molar-refractivity contribution is 7.98. The summed E-state index contributed by atoms with van der Waals surface area (Å²) in [6, 6.07) is 9.22. The predicted octanol–water partition coefficient (Wildman–Crippen LogP) is 4.02. The first-order valence-corrected chi connectivity index (χ1v) is 7.28. The van der Waals surface area contributed by atoms with Gasteiger partial charge in [-0.3, -0.25) is 4.79 Å². The van der Waals surface area contributed by atoms with E-state index >= 15 is 0 Å². The van der Waals surface area contributed by atoms with Crippen LogP contribution in [-0.4, -0.2) is 17.1 Å². The molecule has 2 aromatic rings. The summed E-state index contributed by atoms with van der Waals surface area (Å²) >= 11 is 7.61. The van der Waals surface area contributed by atoms with E-state index in [0.717, 1.165) is 10.5 Å². The van der Waals surface area contributed by atoms with Gasteiger partial charge in [-0.2, -0.15) is 0 Å². The normalized spacial score (nSPS) is 10.3. The van der Waals surface area contributed by atoms with Gasteiger partial charge >= 0.3 is 0 Å². The number of nitrogens with one attached hydrogen (secondary N) is 1. The summed E-state index contributed by atoms with van der Waals surface area (Å²) in [6.07, 6.45) is 3.61. The van der Waals surface area contributed by atoms with Crippen molar-refractivity contribution in [1.29, 1.82) is 0 Å². The lowest BCUT2D eigenvalue weighted by Crippen LogP contribution is -2.13. The van der Waals surface area contributed by atoms with E-state index < -0.39 is 0 Å². The largest absolute Gasteiger partial charge is 0.319 e. The van der Waals surface area contributed by atoms with Crippen LogP contribution in [0, 0.1) is 6.92 Å². The van der Waals surface area contributed by atoms with E-state index in [0.29, 0.717) is 16.4 Å². The molecule has 0 saturated heterocycles. The van der Waals surface area contributed by atoms with Crippen molar-refractivity contribution < 1.29 is 4.79 Å². The number of aryl methyl sites for hydroxylation is 1. The highest BCUT2D eigenvalue weighted by atomic mass is 35.5. The summed E-state index contributed by atoms with van der Waals surface area (Å²) in [5, 5.41) is 3.09. The van der Waals surface area contributed by atoms with E-state index in [1.807, 2.05) is 25.3 Å². The van der Waals surface area contributed by atoms with Gasteiger partial charge in [0.25, 0.3) is 5.91 Å². The van der Waals surface area contributed by atoms with E-state index in [9.17, 15) is 4.79 Å². The maximum absolute atomic E-state index is 12.1. The summed E-state index contributed by atoms with van der Waals surface area (Å²) in [6.45, 7) is 1.87. The molecule has 1 amide bonds. The van der Waals surface area contributed by atoms with Crippen molar-refractivity contribution >= 4 is 35.0 Å². The number of benzene rings is 1. The van der Waals surface area contributed by atoms with Crippen LogP contribution in [0.1, 0.15) is 15.9 Å². The standard InChI is InChI=1S/C14H13ClN2OS/c1-9-7-8-16-13(15)12(9)17-14(18)10-3-5-11(19-2)6-4-10/h3-8H,1-2H3,(H,17,18). The van der Waals surface area contributed by atoms with Crippen molar-refractivity contribution in [2.24, 2.45) is 0 Å². The zero-order valence-electron chi connectivity index (χ0n) is 10.6. The Morgan fingerprint density at radius 3 is 2.53 bits per heavy atom. The number of hydrogen-bond acceptors (Lipinski definition) is 3. The van der Waals surface area contributed by atoms with Crippen molar-refractivity contribution in [2.45, 2.75) is 11.8 Å². The minimum Gasteiger partial charge on any atom is -0.319 e. The molecular formula is C14H13ClN2OS. The summed E-state index contributed by atoms with van der Waals surface area (Å²) in [4.78, 5) is 17.2. The van der Waals surface area contributed by atoms with Crippen molar-refractivity contribution in [3.05, 3.63) is 52.8 Å². The molecule has 19 heavy (non-hydrogen) atoms. The van der Waals surface area contributed by atoms with E-state index in [2.05, 4.69) is 10.3 Å². The number of anilines is 1. The van der Waals surface area contributed by atoms with Gasteiger partial charge in [0, 0.05) is 16.7 Å². The molecule has 98 valence electrons. The number of hydrogen-bond donors (Lipinski definition) is 1. The Kier molecular flexibility index (Phi) is 4.45. The molecule has 0 spiro atoms. The monoisotopic (exact) mass is 292 g/mol. The summed E-state index contributed by atoms with van der Waals surface area (Å²) in [5.41, 5.74) is 2.04. The first-order valence-electron chi connectivity index (χ1n) is 5.68. The molecule has 0 aliphatic rings. The fourth-order valence-corrected chi connectivity index (χ4v) is 2.26. The molecule has 2 rings (SSSR count). The van der Waals surface area contributed by atoms with E-state index in [1.54, 1.807) is 36.2 Å². The SMILES string of the molecule is CSc1ccc(C(=O)Nc2c(C)ccnc2Cl)cc1. The van der Waals surface area contributed by atoms with Gasteiger partial charge < -0.3 is 5.32 Å². The molecule has 0 fully saturated rings. The minimum absolute atomic E-state index is 0.189. The van der Waals surface area contributed by atoms with Gasteiger partial charge in [0.2, 0.25) is 0 Å². The van der Waals surface area contributed by atoms with Crippen LogP contribution in [0.25, 0.3) is 0 Å². The van der Waals surface area contributed by atoms with E-state index in [-0.39, 0.29) is 5.91 Å². The Hall–Kier alpha value is -1.52. The highest BCUT2D eigenvalue weighted by Crippen LogP contribution is 2.23. The molecule has 0 aliphatic heterocycles. The Bertz CT molecular complexity index is 579. The molecule has 0 radical (unpaired) electrons. The van der Waals surface area contributed by atoms with Crippen molar-refractivity contribution in [3.63, 3.8) is 0 Å². The van der Waals surface area contributed by atoms with Gasteiger partial charge in [-0.1, -0.05) is 11.6 Å². The highest BCUT2D eigenvalue weighted by Gasteiger charge is 2.11. The van der Waals surface area contributed by atoms with Crippen molar-refractivity contribution in [2.75, 3.05) is 11.6 Å². The van der Waals surface area contributed by atoms with Crippen LogP contribution in [0.3, 0.4) is 0 Å². The van der Waals surface area contributed by atoms with Gasteiger partial charge in [-0.25, -0.2) is 4.98 Å². The molecule has 0 unspecified atom stereocenters. The number of carbonyl (C=O) groups is 1. The number of carbonyl (C=O) groups excluding carboxylic acids is 1. The Balaban J connectivity index is 2.20. The van der Waals surface area contributed by atoms with E-state index in [4.69, 9.17) is 11.6 Å². The molecule has 0 bridgehead atoms. The van der Waals surface area contributed by atoms with Gasteiger partial charge in [-0.05, 0) is 49.1 Å². The van der Waals surface area contributed by atoms with Crippen LogP contribution in [0.2, 0.25) is 5.15 Å². The average molecular weight is 293 g/mol. The number of aromatic nitrogens is 1. The Morgan fingerprint density at radius 1 is 1.26 bits per heavy atom. The lowest BCUT2D eigenvalue weighted by molar-refractivity contribution is 0.102. The zero-order valence-corrected chi connectivity index (χ0v) is 12.2. The Labute approximate surface area is 121 Å². The van der Waals surface area contributed by atoms with Gasteiger partial charge in [0.05, 0.1) is 5.69 Å². The smallest absolute Gasteiger partial charge is 0.255 e. The predicted molar refractivity (Wildman–Crippen MR) is 80.2 cm³/mol. The molecule has 0 atom stereocenters. The van der Waals surface area contributed by atoms with Crippen LogP contribution in [0.5, 0.6) is 0 Å². The second-order valence-electron chi connectivity index (χ2n) is 3.98. The Morgan fingerprint density at radius 2 is 1.95 bits per heavy atom. The second-order valence-corrected chi connectivity index (χ2v) is 5.21. The number of pyridine rings is 1.